The number of aliphatic hydroxyl groups is 3. The van der Waals surface area contributed by atoms with E-state index in [1.807, 2.05) is 77.9 Å². The Morgan fingerprint density at radius 3 is 2.43 bits per heavy atom. The van der Waals surface area contributed by atoms with Crippen LogP contribution < -0.4 is 11.1 Å². The van der Waals surface area contributed by atoms with Crippen molar-refractivity contribution >= 4 is 28.8 Å². The molecule has 0 radical (unpaired) electrons. The van der Waals surface area contributed by atoms with Crippen molar-refractivity contribution in [2.45, 2.75) is 192 Å². The van der Waals surface area contributed by atoms with Gasteiger partial charge in [0.2, 0.25) is 0 Å². The summed E-state index contributed by atoms with van der Waals surface area (Å²) in [5.74, 6) is -2.18. The number of esters is 1. The minimum Gasteiger partial charge on any atom is -0.459 e. The van der Waals surface area contributed by atoms with E-state index in [0.29, 0.717) is 30.9 Å². The molecular weight excluding hydrogens is 911 g/mol. The molecule has 0 saturated carbocycles. The Bertz CT molecular complexity index is 2010. The van der Waals surface area contributed by atoms with E-state index in [9.17, 15) is 20.1 Å². The second-order valence-corrected chi connectivity index (χ2v) is 22.0. The summed E-state index contributed by atoms with van der Waals surface area (Å²) in [6.07, 6.45) is -7.49. The smallest absolute Gasteiger partial charge is 0.311 e. The number of aromatic nitrogens is 1. The van der Waals surface area contributed by atoms with Gasteiger partial charge in [0, 0.05) is 43.0 Å². The van der Waals surface area contributed by atoms with Crippen LogP contribution in [-0.4, -0.2) is 168 Å². The summed E-state index contributed by atoms with van der Waals surface area (Å²) in [7, 11) is 5.37. The molecule has 0 amide bonds. The largest absolute Gasteiger partial charge is 0.459 e. The SMILES string of the molecule is CC[C@H]1OC(=O)[C@H](C)[C@@H](O[C@H]2C[C@@](C)(OC)[C@@H](O)[C@H](C)O2)[C@H](C)[C@@H](O[C@@H]2O[C@H](C)C[C@H](N(C)C)[C@H]2O)[C@@]2(C)C[C@@H](C)NC[C@H](C)[C@@H](OCC(=NOCc3ccc(-c4cccc(N)n4)s3)CO2)[C@]1(C)O. The summed E-state index contributed by atoms with van der Waals surface area (Å²) in [6.45, 7) is 19.0. The second-order valence-electron chi connectivity index (χ2n) is 20.8. The second kappa shape index (κ2) is 23.3. The van der Waals surface area contributed by atoms with Crippen LogP contribution in [0.15, 0.2) is 35.5 Å². The zero-order valence-electron chi connectivity index (χ0n) is 43.0. The van der Waals surface area contributed by atoms with E-state index < -0.39 is 89.9 Å². The van der Waals surface area contributed by atoms with E-state index in [4.69, 9.17) is 48.5 Å². The minimum atomic E-state index is -1.69. The molecular formula is C50H81N5O13S. The summed E-state index contributed by atoms with van der Waals surface area (Å²) >= 11 is 1.51. The molecule has 0 aliphatic carbocycles. The third kappa shape index (κ3) is 13.0. The quantitative estimate of drug-likeness (QED) is 0.149. The Morgan fingerprint density at radius 2 is 1.75 bits per heavy atom. The lowest BCUT2D eigenvalue weighted by atomic mass is 9.78. The molecule has 0 spiro atoms. The van der Waals surface area contributed by atoms with Crippen LogP contribution >= 0.6 is 11.3 Å². The molecule has 18 atom stereocenters. The van der Waals surface area contributed by atoms with Gasteiger partial charge < -0.3 is 74.0 Å². The van der Waals surface area contributed by atoms with Crippen molar-refractivity contribution in [1.29, 1.82) is 0 Å². The maximum Gasteiger partial charge on any atom is 0.311 e. The lowest BCUT2D eigenvalue weighted by Gasteiger charge is -2.50. The first kappa shape index (κ1) is 55.4. The van der Waals surface area contributed by atoms with Gasteiger partial charge in [-0.15, -0.1) is 11.3 Å². The summed E-state index contributed by atoms with van der Waals surface area (Å²) in [6, 6.07) is 8.93. The lowest BCUT2D eigenvalue weighted by Crippen LogP contribution is -2.61. The van der Waals surface area contributed by atoms with E-state index >= 15 is 0 Å². The highest BCUT2D eigenvalue weighted by Crippen LogP contribution is 2.41. The molecule has 5 saturated heterocycles. The van der Waals surface area contributed by atoms with Gasteiger partial charge in [0.15, 0.2) is 19.2 Å². The van der Waals surface area contributed by atoms with Gasteiger partial charge in [0.25, 0.3) is 0 Å². The number of methoxy groups -OCH3 is 1. The minimum absolute atomic E-state index is 0.0895. The van der Waals surface area contributed by atoms with E-state index in [2.05, 4.69) is 22.4 Å². The Kier molecular flexibility index (Phi) is 18.7. The van der Waals surface area contributed by atoms with Crippen LogP contribution in [0.1, 0.15) is 99.8 Å². The first-order valence-electron chi connectivity index (χ1n) is 24.6. The first-order chi connectivity index (χ1) is 32.5. The van der Waals surface area contributed by atoms with Crippen LogP contribution in [0.2, 0.25) is 0 Å². The van der Waals surface area contributed by atoms with Crippen molar-refractivity contribution in [1.82, 2.24) is 15.2 Å². The number of carbonyl (C=O) groups is 1. The topological polar surface area (TPSA) is 227 Å². The van der Waals surface area contributed by atoms with Crippen LogP contribution in [0.5, 0.6) is 0 Å². The number of anilines is 1. The predicted octanol–water partition coefficient (Wildman–Crippen LogP) is 4.90. The van der Waals surface area contributed by atoms with Crippen LogP contribution in [0.4, 0.5) is 5.82 Å². The van der Waals surface area contributed by atoms with Gasteiger partial charge in [0.1, 0.15) is 35.4 Å². The fourth-order valence-corrected chi connectivity index (χ4v) is 11.6. The molecule has 390 valence electrons. The number of nitrogen functional groups attached to an aromatic ring is 1. The number of nitrogens with two attached hydrogens (primary N) is 1. The summed E-state index contributed by atoms with van der Waals surface area (Å²) in [5.41, 5.74) is 3.17. The van der Waals surface area contributed by atoms with Crippen molar-refractivity contribution in [2.24, 2.45) is 22.9 Å². The van der Waals surface area contributed by atoms with Gasteiger partial charge in [-0.05, 0) is 112 Å². The molecule has 7 rings (SSSR count). The monoisotopic (exact) mass is 992 g/mol. The van der Waals surface area contributed by atoms with Gasteiger partial charge in [-0.1, -0.05) is 32.0 Å². The Balaban J connectivity index is 1.46. The van der Waals surface area contributed by atoms with Crippen LogP contribution in [0.25, 0.3) is 10.6 Å². The predicted molar refractivity (Wildman–Crippen MR) is 261 cm³/mol. The van der Waals surface area contributed by atoms with Crippen molar-refractivity contribution in [3.8, 4) is 10.6 Å². The summed E-state index contributed by atoms with van der Waals surface area (Å²) < 4.78 is 53.0. The highest BCUT2D eigenvalue weighted by atomic mass is 32.1. The number of pyridine rings is 1. The molecule has 5 aliphatic heterocycles. The third-order valence-corrected chi connectivity index (χ3v) is 15.8. The van der Waals surface area contributed by atoms with E-state index in [1.165, 1.54) is 18.4 Å². The molecule has 6 N–H and O–H groups in total. The first-order valence-corrected chi connectivity index (χ1v) is 25.4. The molecule has 2 bridgehead atoms. The fourth-order valence-electron chi connectivity index (χ4n) is 10.7. The number of hydrogen-bond acceptors (Lipinski definition) is 19. The average Bonchev–Trinajstić information content (AvgIpc) is 3.77. The van der Waals surface area contributed by atoms with Crippen LogP contribution in [0, 0.1) is 17.8 Å². The van der Waals surface area contributed by atoms with Crippen LogP contribution in [-0.2, 0) is 54.1 Å². The number of carbonyl (C=O) groups excluding carboxylic acids is 1. The molecule has 18 nitrogen and oxygen atoms in total. The number of aliphatic hydroxyl groups excluding tert-OH is 2. The van der Waals surface area contributed by atoms with Gasteiger partial charge >= 0.3 is 5.97 Å². The van der Waals surface area contributed by atoms with Crippen molar-refractivity contribution in [2.75, 3.05) is 46.7 Å². The summed E-state index contributed by atoms with van der Waals surface area (Å²) in [4.78, 5) is 29.1. The third-order valence-electron chi connectivity index (χ3n) is 14.8. The number of thiophene rings is 1. The Morgan fingerprint density at radius 1 is 1.01 bits per heavy atom. The van der Waals surface area contributed by atoms with Crippen molar-refractivity contribution in [3.63, 3.8) is 0 Å². The number of rotatable bonds is 11. The Labute approximate surface area is 412 Å². The van der Waals surface area contributed by atoms with E-state index in [1.54, 1.807) is 33.8 Å². The normalized spacial score (nSPS) is 41.7. The average molecular weight is 992 g/mol. The molecule has 2 aromatic heterocycles. The van der Waals surface area contributed by atoms with Gasteiger partial charge in [-0.2, -0.15) is 0 Å². The number of oxime groups is 1. The highest BCUT2D eigenvalue weighted by molar-refractivity contribution is 7.15. The maximum atomic E-state index is 14.8. The van der Waals surface area contributed by atoms with Crippen LogP contribution in [0.3, 0.4) is 0 Å². The molecule has 19 heteroatoms. The number of nitrogens with zero attached hydrogens (tertiary/aromatic N) is 3. The molecule has 2 aromatic rings. The zero-order chi connectivity index (χ0) is 50.6. The zero-order valence-corrected chi connectivity index (χ0v) is 43.8. The van der Waals surface area contributed by atoms with E-state index in [-0.39, 0.29) is 56.8 Å². The molecule has 0 unspecified atom stereocenters. The standard InChI is InChI=1S/C50H81N5O13S/c1-14-38-50(10,59)44-27(2)23-52-28(3)21-49(9,62-25-33(24-61-44)54-63-26-34-18-19-37(69-34)35-16-15-17-39(51)53-35)45(68-47-41(56)36(55(11)12)20-29(4)64-47)30(5)42(31(6)46(58)66-38)67-40-22-48(8,60-13)43(57)32(7)65-40/h15-19,27-32,36,38,40-45,47,52,56-57,59H,14,20-26H2,1-13H3,(H2,51,53)/t27-,28+,29+,30-,31+,32-,36-,38+,40-,41+,42-,43-,44+,45+,47-,48+,49+,50+/m0/s1. The Hall–Kier alpha value is -2.89. The molecule has 0 aromatic carbocycles. The van der Waals surface area contributed by atoms with Crippen molar-refractivity contribution < 1.29 is 62.8 Å². The number of ether oxygens (including phenoxy) is 8. The fraction of sp³-hybridized carbons (Fsp3) is 0.780. The molecule has 69 heavy (non-hydrogen) atoms. The molecule has 5 fully saturated rings. The number of hydrogen-bond donors (Lipinski definition) is 5. The molecule has 7 heterocycles. The van der Waals surface area contributed by atoms with Gasteiger partial charge in [0.05, 0.1) is 71.4 Å². The highest BCUT2D eigenvalue weighted by Gasteiger charge is 2.54. The lowest BCUT2D eigenvalue weighted by molar-refractivity contribution is -0.319. The van der Waals surface area contributed by atoms with E-state index in [0.717, 1.165) is 15.4 Å². The molecule has 5 aliphatic rings. The number of likely N-dealkylation sites (N-methyl/N-ethyl adjacent to an activating group) is 1. The maximum absolute atomic E-state index is 14.8. The number of nitrogens with one attached hydrogen (secondary N) is 1. The summed E-state index contributed by atoms with van der Waals surface area (Å²) in [5, 5.41) is 44.1. The van der Waals surface area contributed by atoms with Gasteiger partial charge in [-0.25, -0.2) is 4.98 Å². The number of fused-ring (bicyclic) bond motifs is 15. The van der Waals surface area contributed by atoms with Gasteiger partial charge in [-0.3, -0.25) is 4.79 Å². The van der Waals surface area contributed by atoms with Crippen molar-refractivity contribution in [3.05, 3.63) is 35.2 Å².